The number of nitrogens with one attached hydrogen (secondary N) is 1. The zero-order chi connectivity index (χ0) is 19.5. The Hall–Kier alpha value is -3.35. The molecule has 0 radical (unpaired) electrons. The summed E-state index contributed by atoms with van der Waals surface area (Å²) in [5.41, 5.74) is 2.98. The predicted molar refractivity (Wildman–Crippen MR) is 104 cm³/mol. The summed E-state index contributed by atoms with van der Waals surface area (Å²) in [6.45, 7) is 2.92. The lowest BCUT2D eigenvalue weighted by Crippen LogP contribution is -2.35. The SMILES string of the molecule is CC(=O)N1CCc2c(nc(-c3ccccn3)nc2NCc2ccccc2F)C1. The van der Waals surface area contributed by atoms with Crippen LogP contribution < -0.4 is 5.32 Å². The minimum absolute atomic E-state index is 0.0181. The maximum Gasteiger partial charge on any atom is 0.219 e. The molecule has 0 fully saturated rings. The molecule has 0 unspecified atom stereocenters. The van der Waals surface area contributed by atoms with Crippen LogP contribution >= 0.6 is 0 Å². The van der Waals surface area contributed by atoms with Crippen LogP contribution in [0.2, 0.25) is 0 Å². The van der Waals surface area contributed by atoms with Crippen LogP contribution in [0.5, 0.6) is 0 Å². The highest BCUT2D eigenvalue weighted by atomic mass is 19.1. The summed E-state index contributed by atoms with van der Waals surface area (Å²) in [5.74, 6) is 0.910. The summed E-state index contributed by atoms with van der Waals surface area (Å²) >= 11 is 0. The van der Waals surface area contributed by atoms with Crippen molar-refractivity contribution < 1.29 is 9.18 Å². The number of fused-ring (bicyclic) bond motifs is 1. The molecule has 142 valence electrons. The van der Waals surface area contributed by atoms with Crippen LogP contribution in [0.25, 0.3) is 11.5 Å². The topological polar surface area (TPSA) is 71.0 Å². The van der Waals surface area contributed by atoms with Crippen LogP contribution in [0.4, 0.5) is 10.2 Å². The fraction of sp³-hybridized carbons (Fsp3) is 0.238. The molecule has 1 aliphatic rings. The molecular weight excluding hydrogens is 357 g/mol. The fourth-order valence-corrected chi connectivity index (χ4v) is 3.28. The molecule has 0 atom stereocenters. The lowest BCUT2D eigenvalue weighted by atomic mass is 10.0. The van der Waals surface area contributed by atoms with Gasteiger partial charge in [-0.05, 0) is 24.6 Å². The molecule has 7 heteroatoms. The molecule has 0 bridgehead atoms. The molecule has 3 heterocycles. The van der Waals surface area contributed by atoms with E-state index in [2.05, 4.69) is 20.3 Å². The number of rotatable bonds is 4. The first-order chi connectivity index (χ1) is 13.6. The van der Waals surface area contributed by atoms with Gasteiger partial charge in [-0.1, -0.05) is 24.3 Å². The molecule has 1 N–H and O–H groups in total. The minimum atomic E-state index is -0.259. The van der Waals surface area contributed by atoms with Crippen molar-refractivity contribution in [1.82, 2.24) is 19.9 Å². The Morgan fingerprint density at radius 3 is 2.75 bits per heavy atom. The average molecular weight is 377 g/mol. The first-order valence-corrected chi connectivity index (χ1v) is 9.16. The number of anilines is 1. The quantitative estimate of drug-likeness (QED) is 0.756. The maximum absolute atomic E-state index is 14.0. The van der Waals surface area contributed by atoms with E-state index >= 15 is 0 Å². The highest BCUT2D eigenvalue weighted by molar-refractivity contribution is 5.74. The maximum atomic E-state index is 14.0. The molecule has 0 saturated carbocycles. The Morgan fingerprint density at radius 1 is 1.18 bits per heavy atom. The van der Waals surface area contributed by atoms with Crippen molar-refractivity contribution in [2.75, 3.05) is 11.9 Å². The number of carbonyl (C=O) groups is 1. The van der Waals surface area contributed by atoms with Crippen molar-refractivity contribution in [3.8, 4) is 11.5 Å². The van der Waals surface area contributed by atoms with Crippen LogP contribution in [-0.4, -0.2) is 32.3 Å². The molecule has 0 spiro atoms. The van der Waals surface area contributed by atoms with Crippen LogP contribution in [0.1, 0.15) is 23.7 Å². The third-order valence-electron chi connectivity index (χ3n) is 4.81. The number of pyridine rings is 1. The lowest BCUT2D eigenvalue weighted by molar-refractivity contribution is -0.129. The Morgan fingerprint density at radius 2 is 2.00 bits per heavy atom. The van der Waals surface area contributed by atoms with E-state index < -0.39 is 0 Å². The van der Waals surface area contributed by atoms with E-state index in [0.717, 1.165) is 11.3 Å². The molecule has 0 aliphatic carbocycles. The molecule has 1 aromatic carbocycles. The highest BCUT2D eigenvalue weighted by Gasteiger charge is 2.24. The second-order valence-corrected chi connectivity index (χ2v) is 6.67. The van der Waals surface area contributed by atoms with E-state index in [1.54, 1.807) is 36.2 Å². The van der Waals surface area contributed by atoms with Gasteiger partial charge >= 0.3 is 0 Å². The van der Waals surface area contributed by atoms with E-state index in [9.17, 15) is 9.18 Å². The monoisotopic (exact) mass is 377 g/mol. The van der Waals surface area contributed by atoms with Crippen molar-refractivity contribution >= 4 is 11.7 Å². The van der Waals surface area contributed by atoms with Gasteiger partial charge in [-0.3, -0.25) is 9.78 Å². The summed E-state index contributed by atoms with van der Waals surface area (Å²) in [6.07, 6.45) is 2.34. The zero-order valence-electron chi connectivity index (χ0n) is 15.5. The molecule has 4 rings (SSSR count). The van der Waals surface area contributed by atoms with Crippen molar-refractivity contribution in [3.05, 3.63) is 71.3 Å². The van der Waals surface area contributed by atoms with Crippen LogP contribution in [-0.2, 0) is 24.3 Å². The Balaban J connectivity index is 1.71. The van der Waals surface area contributed by atoms with E-state index in [1.165, 1.54) is 6.07 Å². The normalized spacial score (nSPS) is 13.1. The summed E-state index contributed by atoms with van der Waals surface area (Å²) in [7, 11) is 0. The second kappa shape index (κ2) is 7.72. The molecule has 0 saturated heterocycles. The van der Waals surface area contributed by atoms with Gasteiger partial charge in [0, 0.05) is 37.3 Å². The molecular formula is C21H20FN5O. The molecule has 6 nitrogen and oxygen atoms in total. The van der Waals surface area contributed by atoms with Gasteiger partial charge in [0.2, 0.25) is 5.91 Å². The van der Waals surface area contributed by atoms with E-state index in [-0.39, 0.29) is 11.7 Å². The summed E-state index contributed by atoms with van der Waals surface area (Å²) in [5, 5.41) is 3.26. The largest absolute Gasteiger partial charge is 0.366 e. The van der Waals surface area contributed by atoms with Crippen molar-refractivity contribution in [1.29, 1.82) is 0 Å². The Bertz CT molecular complexity index is 1010. The minimum Gasteiger partial charge on any atom is -0.366 e. The second-order valence-electron chi connectivity index (χ2n) is 6.67. The van der Waals surface area contributed by atoms with Crippen LogP contribution in [0.15, 0.2) is 48.7 Å². The molecule has 28 heavy (non-hydrogen) atoms. The van der Waals surface area contributed by atoms with Gasteiger partial charge in [0.05, 0.1) is 12.2 Å². The third kappa shape index (κ3) is 3.69. The van der Waals surface area contributed by atoms with E-state index in [1.807, 2.05) is 18.2 Å². The number of hydrogen-bond acceptors (Lipinski definition) is 5. The molecule has 1 amide bonds. The van der Waals surface area contributed by atoms with Gasteiger partial charge in [0.25, 0.3) is 0 Å². The molecule has 1 aliphatic heterocycles. The van der Waals surface area contributed by atoms with Crippen molar-refractivity contribution in [3.63, 3.8) is 0 Å². The number of halogens is 1. The van der Waals surface area contributed by atoms with Gasteiger partial charge in [-0.2, -0.15) is 0 Å². The Labute approximate surface area is 162 Å². The van der Waals surface area contributed by atoms with Crippen molar-refractivity contribution in [2.24, 2.45) is 0 Å². The molecule has 3 aromatic rings. The number of carbonyl (C=O) groups excluding carboxylic acids is 1. The smallest absolute Gasteiger partial charge is 0.219 e. The van der Waals surface area contributed by atoms with E-state index in [4.69, 9.17) is 0 Å². The number of aromatic nitrogens is 3. The number of amides is 1. The predicted octanol–water partition coefficient (Wildman–Crippen LogP) is 3.19. The van der Waals surface area contributed by atoms with Crippen LogP contribution in [0, 0.1) is 5.82 Å². The van der Waals surface area contributed by atoms with Gasteiger partial charge in [0.15, 0.2) is 5.82 Å². The highest BCUT2D eigenvalue weighted by Crippen LogP contribution is 2.27. The standard InChI is InChI=1S/C21H20FN5O/c1-14(28)27-11-9-16-19(13-27)25-21(18-8-4-5-10-23-18)26-20(16)24-12-15-6-2-3-7-17(15)22/h2-8,10H,9,11-13H2,1H3,(H,24,25,26). The van der Waals surface area contributed by atoms with Gasteiger partial charge < -0.3 is 10.2 Å². The summed E-state index contributed by atoms with van der Waals surface area (Å²) in [6, 6.07) is 12.2. The fourth-order valence-electron chi connectivity index (χ4n) is 3.28. The molecule has 2 aromatic heterocycles. The van der Waals surface area contributed by atoms with E-state index in [0.29, 0.717) is 49.0 Å². The number of benzene rings is 1. The summed E-state index contributed by atoms with van der Waals surface area (Å²) < 4.78 is 14.0. The Kier molecular flexibility index (Phi) is 4.97. The summed E-state index contributed by atoms with van der Waals surface area (Å²) in [4.78, 5) is 27.2. The number of hydrogen-bond donors (Lipinski definition) is 1. The number of nitrogens with zero attached hydrogens (tertiary/aromatic N) is 4. The average Bonchev–Trinajstić information content (AvgIpc) is 2.73. The lowest BCUT2D eigenvalue weighted by Gasteiger charge is -2.28. The first-order valence-electron chi connectivity index (χ1n) is 9.16. The zero-order valence-corrected chi connectivity index (χ0v) is 15.5. The third-order valence-corrected chi connectivity index (χ3v) is 4.81. The van der Waals surface area contributed by atoms with Gasteiger partial charge in [-0.25, -0.2) is 14.4 Å². The first kappa shape index (κ1) is 18.0. The van der Waals surface area contributed by atoms with Crippen LogP contribution in [0.3, 0.4) is 0 Å². The van der Waals surface area contributed by atoms with Gasteiger partial charge in [-0.15, -0.1) is 0 Å². The van der Waals surface area contributed by atoms with Crippen molar-refractivity contribution in [2.45, 2.75) is 26.4 Å². The van der Waals surface area contributed by atoms with Gasteiger partial charge in [0.1, 0.15) is 17.3 Å².